The van der Waals surface area contributed by atoms with Crippen LogP contribution in [0, 0.1) is 0 Å². The predicted molar refractivity (Wildman–Crippen MR) is 97.6 cm³/mol. The molecular formula is C19H20N4O2. The summed E-state index contributed by atoms with van der Waals surface area (Å²) in [5, 5.41) is 11.3. The van der Waals surface area contributed by atoms with Crippen LogP contribution in [-0.4, -0.2) is 20.9 Å². The molecule has 0 aliphatic rings. The number of aromatic nitrogens is 3. The molecule has 0 aliphatic carbocycles. The lowest BCUT2D eigenvalue weighted by molar-refractivity contribution is -0.116. The molecule has 2 aromatic carbocycles. The van der Waals surface area contributed by atoms with E-state index >= 15 is 0 Å². The van der Waals surface area contributed by atoms with Gasteiger partial charge in [-0.15, -0.1) is 5.10 Å². The molecule has 0 radical (unpaired) electrons. The number of benzene rings is 2. The molecule has 0 fully saturated rings. The number of carbonyl (C=O) groups is 1. The monoisotopic (exact) mass is 336 g/mol. The third-order valence-electron chi connectivity index (χ3n) is 4.02. The number of hydrogen-bond donors (Lipinski definition) is 1. The second kappa shape index (κ2) is 7.25. The largest absolute Gasteiger partial charge is 0.326 e. The molecule has 1 aromatic heterocycles. The number of fused-ring (bicyclic) bond motifs is 1. The smallest absolute Gasteiger partial charge is 0.277 e. The van der Waals surface area contributed by atoms with Gasteiger partial charge in [-0.1, -0.05) is 43.3 Å². The number of nitrogens with one attached hydrogen (secondary N) is 1. The van der Waals surface area contributed by atoms with Crippen molar-refractivity contribution in [1.29, 1.82) is 0 Å². The van der Waals surface area contributed by atoms with Crippen LogP contribution in [0.4, 0.5) is 5.69 Å². The molecule has 0 saturated heterocycles. The van der Waals surface area contributed by atoms with E-state index in [1.807, 2.05) is 24.3 Å². The van der Waals surface area contributed by atoms with Crippen LogP contribution in [0.15, 0.2) is 53.3 Å². The average Bonchev–Trinajstić information content (AvgIpc) is 2.61. The maximum absolute atomic E-state index is 12.3. The third kappa shape index (κ3) is 3.91. The highest BCUT2D eigenvalue weighted by Gasteiger charge is 2.08. The van der Waals surface area contributed by atoms with E-state index in [0.29, 0.717) is 16.8 Å². The molecule has 128 valence electrons. The lowest BCUT2D eigenvalue weighted by atomic mass is 10.0. The normalized spacial score (nSPS) is 11.0. The molecule has 0 saturated carbocycles. The Bertz CT molecular complexity index is 963. The molecule has 0 bridgehead atoms. The number of aryl methyl sites for hydroxylation is 1. The minimum absolute atomic E-state index is 0.152. The molecule has 0 atom stereocenters. The highest BCUT2D eigenvalue weighted by atomic mass is 16.2. The van der Waals surface area contributed by atoms with Crippen molar-refractivity contribution in [2.75, 3.05) is 5.32 Å². The Labute approximate surface area is 145 Å². The van der Waals surface area contributed by atoms with Crippen LogP contribution >= 0.6 is 0 Å². The second-order valence-electron chi connectivity index (χ2n) is 6.21. The summed E-state index contributed by atoms with van der Waals surface area (Å²) in [5.41, 5.74) is 2.24. The molecular weight excluding hydrogens is 316 g/mol. The van der Waals surface area contributed by atoms with E-state index in [1.165, 1.54) is 4.68 Å². The van der Waals surface area contributed by atoms with Crippen LogP contribution in [0.5, 0.6) is 0 Å². The van der Waals surface area contributed by atoms with Gasteiger partial charge in [-0.2, -0.15) is 0 Å². The molecule has 6 nitrogen and oxygen atoms in total. The molecule has 1 amide bonds. The van der Waals surface area contributed by atoms with E-state index in [0.717, 1.165) is 11.3 Å². The Morgan fingerprint density at radius 2 is 1.96 bits per heavy atom. The van der Waals surface area contributed by atoms with Crippen molar-refractivity contribution in [3.8, 4) is 0 Å². The molecule has 25 heavy (non-hydrogen) atoms. The molecule has 0 spiro atoms. The van der Waals surface area contributed by atoms with Crippen molar-refractivity contribution < 1.29 is 4.79 Å². The van der Waals surface area contributed by atoms with Gasteiger partial charge in [0.2, 0.25) is 5.91 Å². The summed E-state index contributed by atoms with van der Waals surface area (Å²) in [7, 11) is 0. The van der Waals surface area contributed by atoms with Gasteiger partial charge in [-0.3, -0.25) is 9.59 Å². The van der Waals surface area contributed by atoms with Gasteiger partial charge in [0.15, 0.2) is 0 Å². The maximum atomic E-state index is 12.3. The van der Waals surface area contributed by atoms with E-state index in [1.54, 1.807) is 24.3 Å². The first kappa shape index (κ1) is 16.8. The molecule has 1 N–H and O–H groups in total. The van der Waals surface area contributed by atoms with Gasteiger partial charge in [0.1, 0.15) is 5.52 Å². The fourth-order valence-corrected chi connectivity index (χ4v) is 2.58. The van der Waals surface area contributed by atoms with Crippen molar-refractivity contribution in [3.63, 3.8) is 0 Å². The Morgan fingerprint density at radius 1 is 1.16 bits per heavy atom. The van der Waals surface area contributed by atoms with Gasteiger partial charge in [0, 0.05) is 12.1 Å². The van der Waals surface area contributed by atoms with Crippen LogP contribution in [0.2, 0.25) is 0 Å². The summed E-state index contributed by atoms with van der Waals surface area (Å²) in [6.07, 6.45) is 0.152. The van der Waals surface area contributed by atoms with E-state index < -0.39 is 0 Å². The maximum Gasteiger partial charge on any atom is 0.277 e. The minimum atomic E-state index is -0.236. The molecule has 0 unspecified atom stereocenters. The van der Waals surface area contributed by atoms with E-state index in [-0.39, 0.29) is 24.4 Å². The van der Waals surface area contributed by atoms with Gasteiger partial charge in [-0.05, 0) is 35.7 Å². The number of hydrogen-bond acceptors (Lipinski definition) is 4. The number of nitrogens with zero attached hydrogens (tertiary/aromatic N) is 3. The zero-order chi connectivity index (χ0) is 17.8. The standard InChI is InChI=1S/C19H20N4O2/c1-13(2)14-6-5-7-15(12-14)20-18(24)10-11-23-19(25)16-8-3-4-9-17(16)21-22-23/h3-9,12-13H,10-11H2,1-2H3,(H,20,24). The van der Waals surface area contributed by atoms with Gasteiger partial charge in [0.25, 0.3) is 5.56 Å². The summed E-state index contributed by atoms with van der Waals surface area (Å²) in [5.74, 6) is 0.228. The molecule has 1 heterocycles. The van der Waals surface area contributed by atoms with Crippen LogP contribution in [0.25, 0.3) is 10.9 Å². The van der Waals surface area contributed by atoms with Crippen molar-refractivity contribution >= 4 is 22.5 Å². The Kier molecular flexibility index (Phi) is 4.88. The fraction of sp³-hybridized carbons (Fsp3) is 0.263. The minimum Gasteiger partial charge on any atom is -0.326 e. The van der Waals surface area contributed by atoms with Gasteiger partial charge >= 0.3 is 0 Å². The zero-order valence-electron chi connectivity index (χ0n) is 14.3. The topological polar surface area (TPSA) is 76.9 Å². The third-order valence-corrected chi connectivity index (χ3v) is 4.02. The lowest BCUT2D eigenvalue weighted by Gasteiger charge is -2.10. The van der Waals surface area contributed by atoms with E-state index in [4.69, 9.17) is 0 Å². The first-order valence-corrected chi connectivity index (χ1v) is 8.27. The van der Waals surface area contributed by atoms with E-state index in [2.05, 4.69) is 29.5 Å². The van der Waals surface area contributed by atoms with Gasteiger partial charge in [-0.25, -0.2) is 4.68 Å². The van der Waals surface area contributed by atoms with Gasteiger partial charge < -0.3 is 5.32 Å². The molecule has 6 heteroatoms. The van der Waals surface area contributed by atoms with E-state index in [9.17, 15) is 9.59 Å². The predicted octanol–water partition coefficient (Wildman–Crippen LogP) is 2.94. The van der Waals surface area contributed by atoms with Crippen molar-refractivity contribution in [3.05, 3.63) is 64.4 Å². The number of amides is 1. The Hall–Kier alpha value is -3.02. The molecule has 3 rings (SSSR count). The number of carbonyl (C=O) groups excluding carboxylic acids is 1. The highest BCUT2D eigenvalue weighted by molar-refractivity contribution is 5.90. The summed E-state index contributed by atoms with van der Waals surface area (Å²) in [6.45, 7) is 4.39. The van der Waals surface area contributed by atoms with Gasteiger partial charge in [0.05, 0.1) is 11.9 Å². The zero-order valence-corrected chi connectivity index (χ0v) is 14.3. The van der Waals surface area contributed by atoms with Crippen LogP contribution in [0.3, 0.4) is 0 Å². The first-order chi connectivity index (χ1) is 12.0. The summed E-state index contributed by atoms with van der Waals surface area (Å²) in [4.78, 5) is 24.5. The molecule has 0 aliphatic heterocycles. The van der Waals surface area contributed by atoms with Crippen LogP contribution in [-0.2, 0) is 11.3 Å². The van der Waals surface area contributed by atoms with Crippen molar-refractivity contribution in [2.24, 2.45) is 0 Å². The van der Waals surface area contributed by atoms with Crippen LogP contribution < -0.4 is 10.9 Å². The Morgan fingerprint density at radius 3 is 2.76 bits per heavy atom. The summed E-state index contributed by atoms with van der Waals surface area (Å²) < 4.78 is 1.23. The number of anilines is 1. The highest BCUT2D eigenvalue weighted by Crippen LogP contribution is 2.18. The SMILES string of the molecule is CC(C)c1cccc(NC(=O)CCn2nnc3ccccc3c2=O)c1. The summed E-state index contributed by atoms with van der Waals surface area (Å²) in [6, 6.07) is 14.8. The quantitative estimate of drug-likeness (QED) is 0.777. The molecule has 3 aromatic rings. The number of rotatable bonds is 5. The first-order valence-electron chi connectivity index (χ1n) is 8.27. The van der Waals surface area contributed by atoms with Crippen LogP contribution in [0.1, 0.15) is 31.7 Å². The van der Waals surface area contributed by atoms with Crippen molar-refractivity contribution in [1.82, 2.24) is 15.0 Å². The lowest BCUT2D eigenvalue weighted by Crippen LogP contribution is -2.26. The summed E-state index contributed by atoms with van der Waals surface area (Å²) >= 11 is 0. The second-order valence-corrected chi connectivity index (χ2v) is 6.21. The van der Waals surface area contributed by atoms with Crippen molar-refractivity contribution in [2.45, 2.75) is 32.7 Å². The Balaban J connectivity index is 1.68. The average molecular weight is 336 g/mol. The fourth-order valence-electron chi connectivity index (χ4n) is 2.58.